The van der Waals surface area contributed by atoms with Crippen LogP contribution >= 0.6 is 0 Å². The number of nitrogens with zero attached hydrogens (tertiary/aromatic N) is 3. The highest BCUT2D eigenvalue weighted by Gasteiger charge is 2.25. The molecule has 0 bridgehead atoms. The molecule has 1 atom stereocenters. The Bertz CT molecular complexity index is 1460. The van der Waals surface area contributed by atoms with Gasteiger partial charge in [-0.2, -0.15) is 0 Å². The van der Waals surface area contributed by atoms with Gasteiger partial charge in [0.25, 0.3) is 5.91 Å². The molecule has 1 aliphatic carbocycles. The first-order valence-corrected chi connectivity index (χ1v) is 12.6. The zero-order valence-corrected chi connectivity index (χ0v) is 20.3. The summed E-state index contributed by atoms with van der Waals surface area (Å²) in [5, 5.41) is 16.1. The molecule has 1 aliphatic heterocycles. The summed E-state index contributed by atoms with van der Waals surface area (Å²) < 4.78 is 22.6. The normalized spacial score (nSPS) is 17.3. The molecule has 3 N–H and O–H groups in total. The zero-order valence-electron chi connectivity index (χ0n) is 20.3. The molecule has 2 aromatic carbocycles. The van der Waals surface area contributed by atoms with Crippen molar-refractivity contribution < 1.29 is 19.0 Å². The number of benzene rings is 2. The number of hydrogen-bond acceptors (Lipinski definition) is 6. The summed E-state index contributed by atoms with van der Waals surface area (Å²) in [5.74, 6) is -0.396. The molecule has 2 aliphatic rings. The number of fused-ring (bicyclic) bond motifs is 1. The lowest BCUT2D eigenvalue weighted by Crippen LogP contribution is -2.26. The predicted octanol–water partition coefficient (Wildman–Crippen LogP) is 4.18. The number of anilines is 1. The zero-order chi connectivity index (χ0) is 25.4. The maximum Gasteiger partial charge on any atom is 0.254 e. The smallest absolute Gasteiger partial charge is 0.254 e. The summed E-state index contributed by atoms with van der Waals surface area (Å²) in [4.78, 5) is 21.8. The van der Waals surface area contributed by atoms with E-state index in [4.69, 9.17) is 9.72 Å². The molecular formula is C28H28FN5O3. The highest BCUT2D eigenvalue weighted by atomic mass is 19.1. The van der Waals surface area contributed by atoms with Gasteiger partial charge in [-0.1, -0.05) is 30.3 Å². The van der Waals surface area contributed by atoms with Crippen LogP contribution in [-0.2, 0) is 11.3 Å². The first-order chi connectivity index (χ1) is 18.1. The third-order valence-corrected chi connectivity index (χ3v) is 6.90. The van der Waals surface area contributed by atoms with Crippen molar-refractivity contribution in [2.24, 2.45) is 0 Å². The predicted molar refractivity (Wildman–Crippen MR) is 138 cm³/mol. The summed E-state index contributed by atoms with van der Waals surface area (Å²) in [6.45, 7) is 1.23. The van der Waals surface area contributed by atoms with E-state index in [1.807, 2.05) is 34.9 Å². The third-order valence-electron chi connectivity index (χ3n) is 6.90. The number of carbonyl (C=O) groups is 1. The number of aliphatic hydroxyl groups is 1. The maximum absolute atomic E-state index is 15.0. The summed E-state index contributed by atoms with van der Waals surface area (Å²) in [5.41, 5.74) is 4.06. The van der Waals surface area contributed by atoms with Crippen LogP contribution in [0.2, 0.25) is 0 Å². The van der Waals surface area contributed by atoms with Crippen molar-refractivity contribution in [3.8, 4) is 22.5 Å². The highest BCUT2D eigenvalue weighted by Crippen LogP contribution is 2.30. The van der Waals surface area contributed by atoms with E-state index in [-0.39, 0.29) is 24.3 Å². The van der Waals surface area contributed by atoms with Crippen LogP contribution in [0.3, 0.4) is 0 Å². The number of halogens is 1. The molecule has 2 fully saturated rings. The van der Waals surface area contributed by atoms with Crippen molar-refractivity contribution in [3.05, 3.63) is 71.8 Å². The van der Waals surface area contributed by atoms with E-state index in [1.165, 1.54) is 12.1 Å². The molecule has 190 valence electrons. The third kappa shape index (κ3) is 4.80. The van der Waals surface area contributed by atoms with Gasteiger partial charge in [0.1, 0.15) is 5.82 Å². The number of ether oxygens (including phenoxy) is 1. The standard InChI is InChI=1S/C28H28FN5O3/c29-23-12-17(7-10-22(23)28(36)32-19-8-9-19)25-14-31-27-26(30-13-20-5-3-11-37-20)33-24(15-34(25)27)21-6-2-1-4-18(21)16-35/h1-2,4,6-7,10,12,14-15,19-20,35H,3,5,8-9,11,13,16H2,(H,30,33)(H,32,36). The van der Waals surface area contributed by atoms with Crippen LogP contribution < -0.4 is 10.6 Å². The van der Waals surface area contributed by atoms with Gasteiger partial charge in [0.15, 0.2) is 11.5 Å². The number of rotatable bonds is 8. The van der Waals surface area contributed by atoms with Crippen LogP contribution in [-0.4, -0.2) is 50.7 Å². The summed E-state index contributed by atoms with van der Waals surface area (Å²) in [6, 6.07) is 12.3. The maximum atomic E-state index is 15.0. The molecule has 6 rings (SSSR count). The summed E-state index contributed by atoms with van der Waals surface area (Å²) in [6.07, 6.45) is 7.51. The molecule has 1 saturated carbocycles. The molecule has 1 unspecified atom stereocenters. The first-order valence-electron chi connectivity index (χ1n) is 12.6. The van der Waals surface area contributed by atoms with Crippen LogP contribution in [0.15, 0.2) is 54.9 Å². The molecule has 2 aromatic heterocycles. The van der Waals surface area contributed by atoms with Crippen molar-refractivity contribution in [1.29, 1.82) is 0 Å². The van der Waals surface area contributed by atoms with E-state index in [1.54, 1.807) is 12.3 Å². The van der Waals surface area contributed by atoms with E-state index in [0.717, 1.165) is 43.4 Å². The monoisotopic (exact) mass is 501 g/mol. The summed E-state index contributed by atoms with van der Waals surface area (Å²) >= 11 is 0. The second kappa shape index (κ2) is 9.91. The molecule has 37 heavy (non-hydrogen) atoms. The SMILES string of the molecule is O=C(NC1CC1)c1ccc(-c2cnc3c(NCC4CCCO4)nc(-c4ccccc4CO)cn23)cc1F. The lowest BCUT2D eigenvalue weighted by molar-refractivity contribution is 0.0947. The van der Waals surface area contributed by atoms with Gasteiger partial charge >= 0.3 is 0 Å². The van der Waals surface area contributed by atoms with Gasteiger partial charge in [0.05, 0.1) is 35.9 Å². The fourth-order valence-corrected chi connectivity index (χ4v) is 4.72. The molecule has 8 nitrogen and oxygen atoms in total. The minimum atomic E-state index is -0.581. The molecule has 0 radical (unpaired) electrons. The minimum absolute atomic E-state index is 0.0302. The molecule has 0 spiro atoms. The second-order valence-electron chi connectivity index (χ2n) is 9.59. The highest BCUT2D eigenvalue weighted by molar-refractivity contribution is 5.95. The number of aromatic nitrogens is 3. The molecule has 1 amide bonds. The first kappa shape index (κ1) is 23.6. The largest absolute Gasteiger partial charge is 0.392 e. The number of aliphatic hydroxyl groups excluding tert-OH is 1. The lowest BCUT2D eigenvalue weighted by atomic mass is 10.1. The van der Waals surface area contributed by atoms with Crippen LogP contribution in [0, 0.1) is 5.82 Å². The fourth-order valence-electron chi connectivity index (χ4n) is 4.72. The fraction of sp³-hybridized carbons (Fsp3) is 0.321. The Kier molecular flexibility index (Phi) is 6.31. The van der Waals surface area contributed by atoms with Gasteiger partial charge in [-0.05, 0) is 43.4 Å². The number of imidazole rings is 1. The Morgan fingerprint density at radius 2 is 2.05 bits per heavy atom. The van der Waals surface area contributed by atoms with Crippen molar-refractivity contribution in [2.75, 3.05) is 18.5 Å². The molecule has 1 saturated heterocycles. The van der Waals surface area contributed by atoms with Crippen LogP contribution in [0.5, 0.6) is 0 Å². The van der Waals surface area contributed by atoms with Gasteiger partial charge in [-0.15, -0.1) is 0 Å². The molecule has 3 heterocycles. The van der Waals surface area contributed by atoms with Gasteiger partial charge < -0.3 is 20.5 Å². The van der Waals surface area contributed by atoms with E-state index in [0.29, 0.717) is 35.0 Å². The number of carbonyl (C=O) groups excluding carboxylic acids is 1. The lowest BCUT2D eigenvalue weighted by Gasteiger charge is -2.15. The van der Waals surface area contributed by atoms with Crippen LogP contribution in [0.25, 0.3) is 28.2 Å². The average Bonchev–Trinajstić information content (AvgIpc) is 3.38. The number of nitrogens with one attached hydrogen (secondary N) is 2. The number of amides is 1. The van der Waals surface area contributed by atoms with Crippen molar-refractivity contribution in [3.63, 3.8) is 0 Å². The van der Waals surface area contributed by atoms with Crippen molar-refractivity contribution >= 4 is 17.4 Å². The summed E-state index contributed by atoms with van der Waals surface area (Å²) in [7, 11) is 0. The van der Waals surface area contributed by atoms with Crippen molar-refractivity contribution in [2.45, 2.75) is 44.4 Å². The van der Waals surface area contributed by atoms with Gasteiger partial charge in [0, 0.05) is 36.5 Å². The Labute approximate surface area is 213 Å². The van der Waals surface area contributed by atoms with E-state index in [2.05, 4.69) is 15.6 Å². The van der Waals surface area contributed by atoms with E-state index >= 15 is 4.39 Å². The van der Waals surface area contributed by atoms with E-state index < -0.39 is 11.7 Å². The Hall–Kier alpha value is -3.82. The molecule has 4 aromatic rings. The Morgan fingerprint density at radius 1 is 1.19 bits per heavy atom. The van der Waals surface area contributed by atoms with Gasteiger partial charge in [-0.3, -0.25) is 9.20 Å². The quantitative estimate of drug-likeness (QED) is 0.335. The molecular weight excluding hydrogens is 473 g/mol. The van der Waals surface area contributed by atoms with E-state index in [9.17, 15) is 9.90 Å². The Morgan fingerprint density at radius 3 is 2.81 bits per heavy atom. The molecule has 9 heteroatoms. The Balaban J connectivity index is 1.41. The minimum Gasteiger partial charge on any atom is -0.392 e. The van der Waals surface area contributed by atoms with Crippen LogP contribution in [0.4, 0.5) is 10.2 Å². The topological polar surface area (TPSA) is 101 Å². The number of hydrogen-bond donors (Lipinski definition) is 3. The average molecular weight is 502 g/mol. The van der Waals surface area contributed by atoms with Crippen LogP contribution in [0.1, 0.15) is 41.6 Å². The van der Waals surface area contributed by atoms with Gasteiger partial charge in [0.2, 0.25) is 0 Å². The van der Waals surface area contributed by atoms with Crippen molar-refractivity contribution in [1.82, 2.24) is 19.7 Å². The second-order valence-corrected chi connectivity index (χ2v) is 9.59. The van der Waals surface area contributed by atoms with Gasteiger partial charge in [-0.25, -0.2) is 14.4 Å².